The molecule has 1 amide bonds. The number of nitrogens with one attached hydrogen (secondary N) is 1. The van der Waals surface area contributed by atoms with Gasteiger partial charge >= 0.3 is 0 Å². The minimum atomic E-state index is -0.520. The molecule has 0 aliphatic heterocycles. The molecule has 0 aliphatic carbocycles. The molecular weight excluding hydrogens is 336 g/mol. The molecule has 2 aromatic carbocycles. The van der Waals surface area contributed by atoms with Crippen LogP contribution in [-0.2, 0) is 0 Å². The highest BCUT2D eigenvalue weighted by molar-refractivity contribution is 9.10. The number of carbonyl (C=O) groups is 1. The molecule has 1 N–H and O–H groups in total. The Morgan fingerprint density at radius 3 is 2.62 bits per heavy atom. The van der Waals surface area contributed by atoms with Gasteiger partial charge in [-0.1, -0.05) is 40.2 Å². The Morgan fingerprint density at radius 1 is 1.24 bits per heavy atom. The Hall–Kier alpha value is -2.21. The monoisotopic (exact) mass is 348 g/mol. The van der Waals surface area contributed by atoms with Crippen LogP contribution in [0.5, 0.6) is 0 Å². The lowest BCUT2D eigenvalue weighted by Crippen LogP contribution is -2.26. The molecule has 0 spiro atoms. The van der Waals surface area contributed by atoms with Gasteiger partial charge in [-0.3, -0.25) is 14.9 Å². The van der Waals surface area contributed by atoms with Gasteiger partial charge in [0.1, 0.15) is 0 Å². The van der Waals surface area contributed by atoms with Gasteiger partial charge in [-0.15, -0.1) is 0 Å². The van der Waals surface area contributed by atoms with E-state index in [-0.39, 0.29) is 23.2 Å². The fourth-order valence-electron chi connectivity index (χ4n) is 1.94. The molecule has 0 aromatic heterocycles. The summed E-state index contributed by atoms with van der Waals surface area (Å²) in [5, 5.41) is 13.6. The zero-order valence-corrected chi connectivity index (χ0v) is 12.8. The highest BCUT2D eigenvalue weighted by Gasteiger charge is 2.15. The lowest BCUT2D eigenvalue weighted by atomic mass is 10.1. The van der Waals surface area contributed by atoms with Crippen molar-refractivity contribution in [1.82, 2.24) is 5.32 Å². The molecule has 0 aliphatic rings. The number of halogens is 1. The second-order valence-electron chi connectivity index (χ2n) is 4.52. The Morgan fingerprint density at radius 2 is 1.95 bits per heavy atom. The highest BCUT2D eigenvalue weighted by Crippen LogP contribution is 2.23. The summed E-state index contributed by atoms with van der Waals surface area (Å²) in [5.74, 6) is -0.345. The number of nitro groups is 1. The maximum atomic E-state index is 12.2. The normalized spacial score (nSPS) is 11.7. The van der Waals surface area contributed by atoms with Crippen molar-refractivity contribution in [2.45, 2.75) is 13.0 Å². The number of benzene rings is 2. The van der Waals surface area contributed by atoms with Gasteiger partial charge in [-0.2, -0.15) is 0 Å². The summed E-state index contributed by atoms with van der Waals surface area (Å²) in [4.78, 5) is 22.4. The second-order valence-corrected chi connectivity index (χ2v) is 5.38. The van der Waals surface area contributed by atoms with Crippen LogP contribution in [0.3, 0.4) is 0 Å². The number of non-ortho nitro benzene ring substituents is 1. The summed E-state index contributed by atoms with van der Waals surface area (Å²) in [6, 6.07) is 13.0. The van der Waals surface area contributed by atoms with Crippen molar-refractivity contribution in [2.75, 3.05) is 0 Å². The Balaban J connectivity index is 2.16. The van der Waals surface area contributed by atoms with Crippen LogP contribution in [-0.4, -0.2) is 10.8 Å². The highest BCUT2D eigenvalue weighted by atomic mass is 79.9. The first-order valence-corrected chi connectivity index (χ1v) is 7.08. The summed E-state index contributed by atoms with van der Waals surface area (Å²) in [5.41, 5.74) is 1.11. The lowest BCUT2D eigenvalue weighted by molar-refractivity contribution is -0.384. The Kier molecular flexibility index (Phi) is 4.70. The van der Waals surface area contributed by atoms with Crippen molar-refractivity contribution in [2.24, 2.45) is 0 Å². The summed E-state index contributed by atoms with van der Waals surface area (Å²) < 4.78 is 0.900. The number of nitro benzene ring substituents is 1. The molecule has 2 aromatic rings. The van der Waals surface area contributed by atoms with Gasteiger partial charge in [0.05, 0.1) is 11.0 Å². The average molecular weight is 349 g/mol. The number of rotatable bonds is 4. The van der Waals surface area contributed by atoms with E-state index in [1.165, 1.54) is 18.2 Å². The number of hydrogen-bond acceptors (Lipinski definition) is 3. The minimum Gasteiger partial charge on any atom is -0.345 e. The number of amides is 1. The van der Waals surface area contributed by atoms with E-state index in [0.717, 1.165) is 10.0 Å². The topological polar surface area (TPSA) is 72.2 Å². The van der Waals surface area contributed by atoms with E-state index in [9.17, 15) is 14.9 Å². The van der Waals surface area contributed by atoms with E-state index in [0.29, 0.717) is 0 Å². The number of hydrogen-bond donors (Lipinski definition) is 1. The van der Waals surface area contributed by atoms with Crippen molar-refractivity contribution in [3.63, 3.8) is 0 Å². The molecule has 1 atom stereocenters. The molecule has 0 saturated heterocycles. The van der Waals surface area contributed by atoms with Gasteiger partial charge in [0, 0.05) is 22.2 Å². The number of nitrogens with zero attached hydrogens (tertiary/aromatic N) is 1. The summed E-state index contributed by atoms with van der Waals surface area (Å²) in [6.45, 7) is 1.86. The average Bonchev–Trinajstić information content (AvgIpc) is 2.47. The van der Waals surface area contributed by atoms with Crippen LogP contribution in [0.15, 0.2) is 53.0 Å². The van der Waals surface area contributed by atoms with Crippen molar-refractivity contribution in [1.29, 1.82) is 0 Å². The van der Waals surface area contributed by atoms with Gasteiger partial charge in [0.2, 0.25) is 0 Å². The lowest BCUT2D eigenvalue weighted by Gasteiger charge is -2.15. The molecule has 0 bridgehead atoms. The molecule has 0 unspecified atom stereocenters. The molecule has 0 radical (unpaired) electrons. The van der Waals surface area contributed by atoms with Crippen molar-refractivity contribution >= 4 is 27.5 Å². The zero-order valence-electron chi connectivity index (χ0n) is 11.2. The third kappa shape index (κ3) is 3.66. The molecule has 5 nitrogen and oxygen atoms in total. The van der Waals surface area contributed by atoms with Crippen molar-refractivity contribution in [3.05, 3.63) is 74.2 Å². The van der Waals surface area contributed by atoms with Crippen LogP contribution in [0, 0.1) is 10.1 Å². The van der Waals surface area contributed by atoms with Crippen LogP contribution in [0.4, 0.5) is 5.69 Å². The molecule has 0 fully saturated rings. The quantitative estimate of drug-likeness (QED) is 0.673. The smallest absolute Gasteiger partial charge is 0.270 e. The summed E-state index contributed by atoms with van der Waals surface area (Å²) >= 11 is 3.43. The third-order valence-corrected chi connectivity index (χ3v) is 3.76. The minimum absolute atomic E-state index is 0.101. The largest absolute Gasteiger partial charge is 0.345 e. The van der Waals surface area contributed by atoms with E-state index in [2.05, 4.69) is 21.2 Å². The van der Waals surface area contributed by atoms with E-state index in [1.807, 2.05) is 31.2 Å². The fraction of sp³-hybridized carbons (Fsp3) is 0.133. The van der Waals surface area contributed by atoms with Gasteiger partial charge in [-0.05, 0) is 24.6 Å². The number of carbonyl (C=O) groups excluding carboxylic acids is 1. The van der Waals surface area contributed by atoms with Crippen LogP contribution in [0.1, 0.15) is 28.9 Å². The van der Waals surface area contributed by atoms with E-state index in [1.54, 1.807) is 6.07 Å². The summed E-state index contributed by atoms with van der Waals surface area (Å²) in [6.07, 6.45) is 0. The Bertz CT molecular complexity index is 688. The van der Waals surface area contributed by atoms with Gasteiger partial charge < -0.3 is 5.32 Å². The molecule has 0 saturated carbocycles. The SMILES string of the molecule is C[C@@H](NC(=O)c1cccc([N+](=O)[O-])c1)c1ccccc1Br. The van der Waals surface area contributed by atoms with Crippen LogP contribution in [0.2, 0.25) is 0 Å². The second kappa shape index (κ2) is 6.49. The van der Waals surface area contributed by atoms with Gasteiger partial charge in [0.15, 0.2) is 0 Å². The standard InChI is InChI=1S/C15H13BrN2O3/c1-10(13-7-2-3-8-14(13)16)17-15(19)11-5-4-6-12(9-11)18(20)21/h2-10H,1H3,(H,17,19)/t10-/m1/s1. The first kappa shape index (κ1) is 15.2. The molecule has 6 heteroatoms. The van der Waals surface area contributed by atoms with Crippen LogP contribution >= 0.6 is 15.9 Å². The van der Waals surface area contributed by atoms with Crippen molar-refractivity contribution < 1.29 is 9.72 Å². The molecule has 108 valence electrons. The van der Waals surface area contributed by atoms with Crippen LogP contribution < -0.4 is 5.32 Å². The first-order valence-electron chi connectivity index (χ1n) is 6.29. The zero-order chi connectivity index (χ0) is 15.4. The molecule has 0 heterocycles. The first-order chi connectivity index (χ1) is 9.99. The van der Waals surface area contributed by atoms with E-state index in [4.69, 9.17) is 0 Å². The summed E-state index contributed by atoms with van der Waals surface area (Å²) in [7, 11) is 0. The third-order valence-electron chi connectivity index (χ3n) is 3.04. The predicted molar refractivity (Wildman–Crippen MR) is 83.1 cm³/mol. The molecule has 21 heavy (non-hydrogen) atoms. The van der Waals surface area contributed by atoms with Crippen LogP contribution in [0.25, 0.3) is 0 Å². The molecule has 2 rings (SSSR count). The Labute approximate surface area is 130 Å². The van der Waals surface area contributed by atoms with E-state index < -0.39 is 4.92 Å². The van der Waals surface area contributed by atoms with E-state index >= 15 is 0 Å². The van der Waals surface area contributed by atoms with Gasteiger partial charge in [0.25, 0.3) is 11.6 Å². The predicted octanol–water partition coefficient (Wildman–Crippen LogP) is 3.85. The molecular formula is C15H13BrN2O3. The fourth-order valence-corrected chi connectivity index (χ4v) is 2.57. The maximum absolute atomic E-state index is 12.2. The van der Waals surface area contributed by atoms with Gasteiger partial charge in [-0.25, -0.2) is 0 Å². The van der Waals surface area contributed by atoms with Crippen molar-refractivity contribution in [3.8, 4) is 0 Å². The maximum Gasteiger partial charge on any atom is 0.270 e.